The molecule has 2 aromatic heterocycles. The van der Waals surface area contributed by atoms with E-state index in [9.17, 15) is 0 Å². The highest BCUT2D eigenvalue weighted by molar-refractivity contribution is 7.20. The van der Waals surface area contributed by atoms with Gasteiger partial charge in [-0.1, -0.05) is 170 Å². The summed E-state index contributed by atoms with van der Waals surface area (Å²) in [4.78, 5) is 0. The molecule has 10 aromatic carbocycles. The van der Waals surface area contributed by atoms with E-state index in [-0.39, 0.29) is 6.71 Å². The van der Waals surface area contributed by atoms with E-state index in [2.05, 4.69) is 240 Å². The minimum Gasteiger partial charge on any atom is -0.458 e. The van der Waals surface area contributed by atoms with E-state index < -0.39 is 8.07 Å². The number of hydrogen-bond donors (Lipinski definition) is 0. The molecule has 66 heavy (non-hydrogen) atoms. The molecule has 2 aliphatic heterocycles. The highest BCUT2D eigenvalue weighted by Gasteiger charge is 2.42. The maximum Gasteiger partial charge on any atom is 0.260 e. The molecule has 14 rings (SSSR count). The Morgan fingerprint density at radius 1 is 0.333 bits per heavy atom. The van der Waals surface area contributed by atoms with Crippen molar-refractivity contribution in [3.05, 3.63) is 237 Å². The first-order chi connectivity index (χ1) is 32.8. The van der Waals surface area contributed by atoms with E-state index in [4.69, 9.17) is 9.47 Å². The van der Waals surface area contributed by atoms with Crippen LogP contribution in [0.15, 0.2) is 237 Å². The summed E-state index contributed by atoms with van der Waals surface area (Å²) in [7, 11) is -2.80. The molecular formula is C60H39BN2O2Si. The van der Waals surface area contributed by atoms with Gasteiger partial charge in [-0.2, -0.15) is 0 Å². The summed E-state index contributed by atoms with van der Waals surface area (Å²) in [6.07, 6.45) is 0. The number of para-hydroxylation sites is 3. The number of nitrogens with zero attached hydrogens (tertiary/aromatic N) is 2. The summed E-state index contributed by atoms with van der Waals surface area (Å²) in [5.74, 6) is 3.45. The van der Waals surface area contributed by atoms with Crippen LogP contribution in [-0.2, 0) is 0 Å². The van der Waals surface area contributed by atoms with E-state index in [0.29, 0.717) is 0 Å². The van der Waals surface area contributed by atoms with Crippen molar-refractivity contribution in [3.8, 4) is 34.4 Å². The van der Waals surface area contributed by atoms with Crippen LogP contribution in [0.2, 0.25) is 0 Å². The molecule has 12 aromatic rings. The summed E-state index contributed by atoms with van der Waals surface area (Å²) in [6, 6.07) is 86.7. The van der Waals surface area contributed by atoms with Crippen LogP contribution in [0.25, 0.3) is 55.0 Å². The van der Waals surface area contributed by atoms with Gasteiger partial charge in [0.1, 0.15) is 23.0 Å². The second-order valence-corrected chi connectivity index (χ2v) is 21.3. The average molecular weight is 859 g/mol. The third-order valence-corrected chi connectivity index (χ3v) is 18.9. The minimum atomic E-state index is -2.80. The van der Waals surface area contributed by atoms with Crippen molar-refractivity contribution in [2.24, 2.45) is 0 Å². The monoisotopic (exact) mass is 858 g/mol. The second-order valence-electron chi connectivity index (χ2n) is 17.5. The smallest absolute Gasteiger partial charge is 0.260 e. The lowest BCUT2D eigenvalue weighted by atomic mass is 9.35. The lowest BCUT2D eigenvalue weighted by Crippen LogP contribution is -2.74. The molecule has 0 unspecified atom stereocenters. The highest BCUT2D eigenvalue weighted by Crippen LogP contribution is 2.43. The Labute approximate surface area is 383 Å². The predicted octanol–water partition coefficient (Wildman–Crippen LogP) is 9.99. The third-order valence-electron chi connectivity index (χ3n) is 14.2. The first-order valence-electron chi connectivity index (χ1n) is 22.7. The number of ether oxygens (including phenoxy) is 2. The van der Waals surface area contributed by atoms with Gasteiger partial charge in [-0.15, -0.1) is 0 Å². The first-order valence-corrected chi connectivity index (χ1v) is 24.7. The Morgan fingerprint density at radius 2 is 0.864 bits per heavy atom. The molecule has 0 saturated heterocycles. The van der Waals surface area contributed by atoms with Crippen LogP contribution < -0.4 is 46.6 Å². The molecule has 0 N–H and O–H groups in total. The third kappa shape index (κ3) is 5.21. The molecule has 4 nitrogen and oxygen atoms in total. The molecular weight excluding hydrogens is 820 g/mol. The molecule has 2 aliphatic rings. The molecule has 0 aliphatic carbocycles. The van der Waals surface area contributed by atoms with Gasteiger partial charge in [0, 0.05) is 38.4 Å². The molecule has 0 spiro atoms. The van der Waals surface area contributed by atoms with Gasteiger partial charge in [0.25, 0.3) is 6.71 Å². The molecule has 6 heteroatoms. The molecule has 0 saturated carbocycles. The Balaban J connectivity index is 1.03. The zero-order chi connectivity index (χ0) is 43.3. The van der Waals surface area contributed by atoms with E-state index in [0.717, 1.165) is 61.8 Å². The lowest BCUT2D eigenvalue weighted by molar-refractivity contribution is 0.464. The van der Waals surface area contributed by atoms with Crippen LogP contribution in [0.5, 0.6) is 23.0 Å². The summed E-state index contributed by atoms with van der Waals surface area (Å²) in [5, 5.41) is 10.3. The van der Waals surface area contributed by atoms with Gasteiger partial charge in [-0.05, 0) is 98.4 Å². The number of rotatable bonds is 6. The van der Waals surface area contributed by atoms with Crippen molar-refractivity contribution in [1.29, 1.82) is 0 Å². The minimum absolute atomic E-state index is 0.0366. The number of aromatic nitrogens is 2. The average Bonchev–Trinajstić information content (AvgIpc) is 3.91. The summed E-state index contributed by atoms with van der Waals surface area (Å²) >= 11 is 0. The number of benzene rings is 10. The molecule has 0 fully saturated rings. The second kappa shape index (κ2) is 14.3. The van der Waals surface area contributed by atoms with Gasteiger partial charge in [0.2, 0.25) is 0 Å². The van der Waals surface area contributed by atoms with Gasteiger partial charge in [-0.25, -0.2) is 0 Å². The molecule has 308 valence electrons. The number of fused-ring (bicyclic) bond motifs is 11. The fourth-order valence-corrected chi connectivity index (χ4v) is 16.3. The van der Waals surface area contributed by atoms with Crippen LogP contribution in [0.4, 0.5) is 0 Å². The molecule has 0 radical (unpaired) electrons. The number of hydrogen-bond acceptors (Lipinski definition) is 2. The standard InChI is InChI=1S/C60H39BN2O2Si/c1-4-19-42(20-5-1)66(43-21-6-2-7-22-43,44-23-8-3-9-24-44)45-25-16-18-40(38-45)62-52-30-14-11-27-48(52)58-53(62)36-35-47-46-26-10-13-29-51(46)63(60(47)58)41-34-37-55-50(39-41)61-49-28-12-15-31-54(49)64-56-32-17-33-57(65-55)59(56)61/h1-39H. The summed E-state index contributed by atoms with van der Waals surface area (Å²) in [6.45, 7) is -0.0366. The van der Waals surface area contributed by atoms with Crippen LogP contribution in [0, 0.1) is 0 Å². The molecule has 0 atom stereocenters. The van der Waals surface area contributed by atoms with E-state index >= 15 is 0 Å². The zero-order valence-electron chi connectivity index (χ0n) is 35.8. The predicted molar refractivity (Wildman–Crippen MR) is 276 cm³/mol. The summed E-state index contributed by atoms with van der Waals surface area (Å²) in [5.41, 5.74) is 10.3. The largest absolute Gasteiger partial charge is 0.458 e. The van der Waals surface area contributed by atoms with Crippen molar-refractivity contribution in [1.82, 2.24) is 9.13 Å². The van der Waals surface area contributed by atoms with Gasteiger partial charge in [-0.3, -0.25) is 0 Å². The van der Waals surface area contributed by atoms with E-state index in [1.54, 1.807) is 0 Å². The zero-order valence-corrected chi connectivity index (χ0v) is 36.8. The van der Waals surface area contributed by atoms with Crippen molar-refractivity contribution in [3.63, 3.8) is 0 Å². The normalized spacial score (nSPS) is 12.8. The van der Waals surface area contributed by atoms with Crippen LogP contribution in [0.3, 0.4) is 0 Å². The Bertz CT molecular complexity index is 3790. The van der Waals surface area contributed by atoms with Gasteiger partial charge >= 0.3 is 0 Å². The van der Waals surface area contributed by atoms with E-state index in [1.807, 2.05) is 6.07 Å². The first kappa shape index (κ1) is 37.1. The fraction of sp³-hybridized carbons (Fsp3) is 0. The van der Waals surface area contributed by atoms with Crippen molar-refractivity contribution in [2.75, 3.05) is 0 Å². The van der Waals surface area contributed by atoms with E-state index in [1.165, 1.54) is 53.3 Å². The molecule has 0 amide bonds. The summed E-state index contributed by atoms with van der Waals surface area (Å²) < 4.78 is 18.2. The molecule has 4 heterocycles. The van der Waals surface area contributed by atoms with Crippen LogP contribution in [-0.4, -0.2) is 23.9 Å². The van der Waals surface area contributed by atoms with Crippen LogP contribution >= 0.6 is 0 Å². The van der Waals surface area contributed by atoms with Gasteiger partial charge < -0.3 is 18.6 Å². The quantitative estimate of drug-likeness (QED) is 0.123. The maximum absolute atomic E-state index is 6.70. The lowest BCUT2D eigenvalue weighted by Gasteiger charge is -2.34. The van der Waals surface area contributed by atoms with Crippen molar-refractivity contribution < 1.29 is 9.47 Å². The maximum atomic E-state index is 6.70. The van der Waals surface area contributed by atoms with Crippen molar-refractivity contribution in [2.45, 2.75) is 0 Å². The Hall–Kier alpha value is -8.32. The Kier molecular flexibility index (Phi) is 8.06. The van der Waals surface area contributed by atoms with Crippen molar-refractivity contribution >= 4 is 95.5 Å². The van der Waals surface area contributed by atoms with Crippen LogP contribution in [0.1, 0.15) is 0 Å². The molecule has 0 bridgehead atoms. The fourth-order valence-electron chi connectivity index (χ4n) is 11.5. The Morgan fingerprint density at radius 3 is 1.56 bits per heavy atom. The SMILES string of the molecule is c1ccc([Si](c2ccccc2)(c2ccccc2)c2cccc(-n3c4ccccc4c4c3ccc3c5ccccc5n(-c5ccc6c(c5)B5c7ccccc7Oc7cccc(c75)O6)c34)c2)cc1. The van der Waals surface area contributed by atoms with Gasteiger partial charge in [0.05, 0.1) is 22.1 Å². The van der Waals surface area contributed by atoms with Gasteiger partial charge in [0.15, 0.2) is 8.07 Å². The highest BCUT2D eigenvalue weighted by atomic mass is 28.3. The topological polar surface area (TPSA) is 28.3 Å².